The molecule has 3 aromatic rings. The molecular weight excluding hydrogens is 401 g/mol. The maximum absolute atomic E-state index is 12.6. The highest BCUT2D eigenvalue weighted by Crippen LogP contribution is 2.19. The summed E-state index contributed by atoms with van der Waals surface area (Å²) in [5.41, 5.74) is 1.03. The molecule has 0 saturated heterocycles. The first-order valence-electron chi connectivity index (χ1n) is 7.27. The van der Waals surface area contributed by atoms with E-state index in [9.17, 15) is 18.0 Å². The van der Waals surface area contributed by atoms with Gasteiger partial charge in [0.1, 0.15) is 0 Å². The second-order valence-corrected chi connectivity index (χ2v) is 6.24. The van der Waals surface area contributed by atoms with E-state index in [0.717, 1.165) is 10.0 Å². The first-order chi connectivity index (χ1) is 11.8. The highest BCUT2D eigenvalue weighted by atomic mass is 79.9. The van der Waals surface area contributed by atoms with Crippen molar-refractivity contribution in [2.75, 3.05) is 6.61 Å². The van der Waals surface area contributed by atoms with Crippen molar-refractivity contribution in [2.45, 2.75) is 12.7 Å². The fraction of sp³-hybridized carbons (Fsp3) is 0.176. The Balaban J connectivity index is 2.06. The predicted octanol–water partition coefficient (Wildman–Crippen LogP) is 4.15. The number of hydrogen-bond acceptors (Lipinski definition) is 3. The molecular formula is C17H12BrF3N2O2. The van der Waals surface area contributed by atoms with E-state index in [-0.39, 0.29) is 6.54 Å². The van der Waals surface area contributed by atoms with E-state index in [1.165, 1.54) is 4.57 Å². The molecule has 0 amide bonds. The summed E-state index contributed by atoms with van der Waals surface area (Å²) in [5, 5.41) is 0. The summed E-state index contributed by atoms with van der Waals surface area (Å²) in [4.78, 5) is 16.5. The van der Waals surface area contributed by atoms with Crippen LogP contribution in [0.4, 0.5) is 13.2 Å². The molecule has 0 spiro atoms. The number of alkyl halides is 3. The maximum atomic E-state index is 12.6. The minimum Gasteiger partial charge on any atom is -0.464 e. The summed E-state index contributed by atoms with van der Waals surface area (Å²) in [6.07, 6.45) is -4.55. The van der Waals surface area contributed by atoms with Gasteiger partial charge in [-0.2, -0.15) is 13.2 Å². The van der Waals surface area contributed by atoms with Crippen LogP contribution in [0.3, 0.4) is 0 Å². The number of para-hydroxylation sites is 2. The van der Waals surface area contributed by atoms with Crippen LogP contribution in [0.2, 0.25) is 0 Å². The highest BCUT2D eigenvalue weighted by Gasteiger charge is 2.29. The molecule has 0 radical (unpaired) electrons. The Hall–Kier alpha value is -2.35. The molecule has 0 aliphatic heterocycles. The summed E-state index contributed by atoms with van der Waals surface area (Å²) in [7, 11) is 0. The molecule has 4 nitrogen and oxygen atoms in total. The van der Waals surface area contributed by atoms with Crippen LogP contribution in [0.25, 0.3) is 11.0 Å². The Morgan fingerprint density at radius 1 is 1.08 bits per heavy atom. The zero-order chi connectivity index (χ0) is 18.0. The normalized spacial score (nSPS) is 11.7. The molecule has 0 aliphatic rings. The van der Waals surface area contributed by atoms with E-state index in [2.05, 4.69) is 25.7 Å². The molecule has 25 heavy (non-hydrogen) atoms. The van der Waals surface area contributed by atoms with Gasteiger partial charge in [0.15, 0.2) is 6.61 Å². The zero-order valence-corrected chi connectivity index (χ0v) is 14.3. The predicted molar refractivity (Wildman–Crippen MR) is 90.8 cm³/mol. The molecule has 0 unspecified atom stereocenters. The lowest BCUT2D eigenvalue weighted by Gasteiger charge is -2.13. The van der Waals surface area contributed by atoms with E-state index in [1.54, 1.807) is 24.3 Å². The lowest BCUT2D eigenvalue weighted by molar-refractivity contribution is -0.154. The van der Waals surface area contributed by atoms with Gasteiger partial charge in [-0.3, -0.25) is 9.36 Å². The van der Waals surface area contributed by atoms with E-state index in [1.807, 2.05) is 24.3 Å². The second kappa shape index (κ2) is 6.87. The van der Waals surface area contributed by atoms with Crippen LogP contribution in [0.5, 0.6) is 5.88 Å². The van der Waals surface area contributed by atoms with Crippen molar-refractivity contribution in [1.29, 1.82) is 0 Å². The van der Waals surface area contributed by atoms with Crippen molar-refractivity contribution >= 4 is 27.0 Å². The summed E-state index contributed by atoms with van der Waals surface area (Å²) in [5.74, 6) is -0.562. The van der Waals surface area contributed by atoms with Gasteiger partial charge in [-0.15, -0.1) is 0 Å². The molecule has 0 saturated carbocycles. The number of ether oxygens (including phenoxy) is 1. The Morgan fingerprint density at radius 3 is 2.44 bits per heavy atom. The fourth-order valence-corrected chi connectivity index (χ4v) is 2.61. The smallest absolute Gasteiger partial charge is 0.422 e. The van der Waals surface area contributed by atoms with Crippen molar-refractivity contribution < 1.29 is 17.9 Å². The van der Waals surface area contributed by atoms with Gasteiger partial charge in [0.25, 0.3) is 5.88 Å². The summed E-state index contributed by atoms with van der Waals surface area (Å²) >= 11 is 3.33. The number of benzene rings is 2. The monoisotopic (exact) mass is 412 g/mol. The van der Waals surface area contributed by atoms with Crippen molar-refractivity contribution in [3.8, 4) is 5.88 Å². The Morgan fingerprint density at radius 2 is 1.76 bits per heavy atom. The Labute approximate surface area is 149 Å². The van der Waals surface area contributed by atoms with Gasteiger partial charge < -0.3 is 4.74 Å². The molecule has 0 fully saturated rings. The van der Waals surface area contributed by atoms with Crippen molar-refractivity contribution in [2.24, 2.45) is 0 Å². The number of fused-ring (bicyclic) bond motifs is 1. The van der Waals surface area contributed by atoms with Crippen molar-refractivity contribution in [3.05, 3.63) is 68.9 Å². The molecule has 8 heteroatoms. The molecule has 0 aliphatic carbocycles. The van der Waals surface area contributed by atoms with Crippen LogP contribution in [0, 0.1) is 0 Å². The van der Waals surface area contributed by atoms with Crippen LogP contribution in [-0.2, 0) is 6.54 Å². The number of aromatic nitrogens is 2. The number of hydrogen-bond donors (Lipinski definition) is 0. The maximum Gasteiger partial charge on any atom is 0.422 e. The van der Waals surface area contributed by atoms with E-state index >= 15 is 0 Å². The molecule has 0 bridgehead atoms. The number of halogens is 4. The van der Waals surface area contributed by atoms with E-state index in [0.29, 0.717) is 11.0 Å². The van der Waals surface area contributed by atoms with Crippen LogP contribution in [0.15, 0.2) is 57.8 Å². The third kappa shape index (κ3) is 4.19. The van der Waals surface area contributed by atoms with Gasteiger partial charge in [0.2, 0.25) is 0 Å². The van der Waals surface area contributed by atoms with Crippen LogP contribution in [0.1, 0.15) is 5.56 Å². The number of nitrogens with zero attached hydrogens (tertiary/aromatic N) is 2. The lowest BCUT2D eigenvalue weighted by atomic mass is 10.2. The zero-order valence-electron chi connectivity index (χ0n) is 12.8. The molecule has 0 atom stereocenters. The molecule has 130 valence electrons. The third-order valence-electron chi connectivity index (χ3n) is 3.45. The summed E-state index contributed by atoms with van der Waals surface area (Å²) in [6.45, 7) is -1.37. The minimum absolute atomic E-state index is 0.192. The fourth-order valence-electron chi connectivity index (χ4n) is 2.34. The quantitative estimate of drug-likeness (QED) is 0.646. The topological polar surface area (TPSA) is 44.1 Å². The number of rotatable bonds is 4. The van der Waals surface area contributed by atoms with Gasteiger partial charge in [-0.25, -0.2) is 4.98 Å². The largest absolute Gasteiger partial charge is 0.464 e. The van der Waals surface area contributed by atoms with E-state index < -0.39 is 24.2 Å². The average Bonchev–Trinajstić information content (AvgIpc) is 2.57. The molecule has 1 heterocycles. The van der Waals surface area contributed by atoms with Crippen molar-refractivity contribution in [3.63, 3.8) is 0 Å². The third-order valence-corrected chi connectivity index (χ3v) is 3.98. The first kappa shape index (κ1) is 17.5. The van der Waals surface area contributed by atoms with Gasteiger partial charge in [0.05, 0.1) is 17.6 Å². The molecule has 2 aromatic carbocycles. The van der Waals surface area contributed by atoms with Gasteiger partial charge >= 0.3 is 11.7 Å². The SMILES string of the molecule is O=c1c(OCC(F)(F)F)nc2ccccc2n1Cc1ccc(Br)cc1. The summed E-state index contributed by atoms with van der Waals surface area (Å²) < 4.78 is 44.1. The molecule has 0 N–H and O–H groups in total. The van der Waals surface area contributed by atoms with Crippen LogP contribution < -0.4 is 10.3 Å². The minimum atomic E-state index is -4.55. The summed E-state index contributed by atoms with van der Waals surface area (Å²) in [6, 6.07) is 14.0. The highest BCUT2D eigenvalue weighted by molar-refractivity contribution is 9.10. The standard InChI is InChI=1S/C17H12BrF3N2O2/c18-12-7-5-11(6-8-12)9-23-14-4-2-1-3-13(14)22-15(16(23)24)25-10-17(19,20)21/h1-8H,9-10H2. The second-order valence-electron chi connectivity index (χ2n) is 5.33. The van der Waals surface area contributed by atoms with Gasteiger partial charge in [0, 0.05) is 4.47 Å². The van der Waals surface area contributed by atoms with E-state index in [4.69, 9.17) is 0 Å². The Bertz CT molecular complexity index is 953. The Kier molecular flexibility index (Phi) is 4.80. The van der Waals surface area contributed by atoms with Crippen molar-refractivity contribution in [1.82, 2.24) is 9.55 Å². The van der Waals surface area contributed by atoms with Crippen LogP contribution >= 0.6 is 15.9 Å². The van der Waals surface area contributed by atoms with Crippen LogP contribution in [-0.4, -0.2) is 22.3 Å². The lowest BCUT2D eigenvalue weighted by Crippen LogP contribution is -2.28. The average molecular weight is 413 g/mol. The first-order valence-corrected chi connectivity index (χ1v) is 8.06. The molecule has 3 rings (SSSR count). The van der Waals surface area contributed by atoms with Gasteiger partial charge in [-0.05, 0) is 29.8 Å². The van der Waals surface area contributed by atoms with Gasteiger partial charge in [-0.1, -0.05) is 40.2 Å². The molecule has 1 aromatic heterocycles.